The zero-order chi connectivity index (χ0) is 18.5. The zero-order valence-electron chi connectivity index (χ0n) is 14.4. The van der Waals surface area contributed by atoms with E-state index in [-0.39, 0.29) is 18.4 Å². The second kappa shape index (κ2) is 8.02. The molecule has 26 heavy (non-hydrogen) atoms. The van der Waals surface area contributed by atoms with Crippen LogP contribution < -0.4 is 10.6 Å². The standard InChI is InChI=1S/C19H19N3O3S/c1-2-25-19(24)17-14-4-3-5-15(14)26-18(17)22-16(23)11-21-13-8-6-12(10-20)7-9-13/h6-9,21H,2-5,11H2,1H3,(H,22,23). The van der Waals surface area contributed by atoms with Crippen molar-refractivity contribution in [3.63, 3.8) is 0 Å². The molecule has 1 aromatic carbocycles. The van der Waals surface area contributed by atoms with Crippen LogP contribution >= 0.6 is 11.3 Å². The van der Waals surface area contributed by atoms with Crippen LogP contribution in [0.4, 0.5) is 10.7 Å². The Morgan fingerprint density at radius 1 is 1.27 bits per heavy atom. The minimum atomic E-state index is -0.373. The Labute approximate surface area is 155 Å². The van der Waals surface area contributed by atoms with Crippen molar-refractivity contribution in [3.8, 4) is 6.07 Å². The van der Waals surface area contributed by atoms with Crippen molar-refractivity contribution in [2.24, 2.45) is 0 Å². The minimum Gasteiger partial charge on any atom is -0.462 e. The van der Waals surface area contributed by atoms with Gasteiger partial charge in [0.25, 0.3) is 0 Å². The van der Waals surface area contributed by atoms with Gasteiger partial charge in [0.2, 0.25) is 5.91 Å². The molecule has 7 heteroatoms. The highest BCUT2D eigenvalue weighted by atomic mass is 32.1. The smallest absolute Gasteiger partial charge is 0.341 e. The highest BCUT2D eigenvalue weighted by molar-refractivity contribution is 7.17. The van der Waals surface area contributed by atoms with Crippen molar-refractivity contribution >= 4 is 33.9 Å². The molecule has 0 saturated carbocycles. The van der Waals surface area contributed by atoms with Crippen LogP contribution in [0.25, 0.3) is 0 Å². The molecule has 1 amide bonds. The van der Waals surface area contributed by atoms with Gasteiger partial charge in [-0.3, -0.25) is 4.79 Å². The third kappa shape index (κ3) is 3.86. The van der Waals surface area contributed by atoms with Gasteiger partial charge in [0.15, 0.2) is 0 Å². The molecule has 6 nitrogen and oxygen atoms in total. The molecule has 1 aliphatic rings. The molecular weight excluding hydrogens is 350 g/mol. The summed E-state index contributed by atoms with van der Waals surface area (Å²) < 4.78 is 5.16. The first kappa shape index (κ1) is 18.0. The molecule has 1 aliphatic carbocycles. The van der Waals surface area contributed by atoms with E-state index in [0.717, 1.165) is 35.4 Å². The number of thiophene rings is 1. The molecule has 0 spiro atoms. The maximum Gasteiger partial charge on any atom is 0.341 e. The molecule has 0 radical (unpaired) electrons. The largest absolute Gasteiger partial charge is 0.462 e. The zero-order valence-corrected chi connectivity index (χ0v) is 15.2. The van der Waals surface area contributed by atoms with Gasteiger partial charge >= 0.3 is 5.97 Å². The molecule has 2 aromatic rings. The lowest BCUT2D eigenvalue weighted by atomic mass is 10.1. The third-order valence-corrected chi connectivity index (χ3v) is 5.33. The quantitative estimate of drug-likeness (QED) is 0.762. The molecule has 0 bridgehead atoms. The fraction of sp³-hybridized carbons (Fsp3) is 0.316. The molecule has 0 saturated heterocycles. The highest BCUT2D eigenvalue weighted by Crippen LogP contribution is 2.39. The topological polar surface area (TPSA) is 91.2 Å². The minimum absolute atomic E-state index is 0.0662. The van der Waals surface area contributed by atoms with Crippen LogP contribution in [0.5, 0.6) is 0 Å². The fourth-order valence-electron chi connectivity index (χ4n) is 2.93. The van der Waals surface area contributed by atoms with Crippen LogP contribution in [-0.4, -0.2) is 25.0 Å². The predicted molar refractivity (Wildman–Crippen MR) is 101 cm³/mol. The number of esters is 1. The van der Waals surface area contributed by atoms with Crippen LogP contribution in [0.1, 0.15) is 39.7 Å². The summed E-state index contributed by atoms with van der Waals surface area (Å²) in [6.45, 7) is 2.14. The predicted octanol–water partition coefficient (Wildman–Crippen LogP) is 3.34. The second-order valence-electron chi connectivity index (χ2n) is 5.87. The van der Waals surface area contributed by atoms with E-state index in [0.29, 0.717) is 22.7 Å². The van der Waals surface area contributed by atoms with Gasteiger partial charge in [-0.15, -0.1) is 11.3 Å². The Hall–Kier alpha value is -2.85. The average molecular weight is 369 g/mol. The summed E-state index contributed by atoms with van der Waals surface area (Å²) in [5.74, 6) is -0.609. The SMILES string of the molecule is CCOC(=O)c1c(NC(=O)CNc2ccc(C#N)cc2)sc2c1CCC2. The number of hydrogen-bond acceptors (Lipinski definition) is 6. The van der Waals surface area contributed by atoms with E-state index in [2.05, 4.69) is 10.6 Å². The maximum absolute atomic E-state index is 12.3. The van der Waals surface area contributed by atoms with Gasteiger partial charge in [-0.25, -0.2) is 4.79 Å². The molecule has 0 unspecified atom stereocenters. The molecule has 0 atom stereocenters. The summed E-state index contributed by atoms with van der Waals surface area (Å²) in [5, 5.41) is 15.2. The molecule has 2 N–H and O–H groups in total. The summed E-state index contributed by atoms with van der Waals surface area (Å²) in [6, 6.07) is 8.91. The number of rotatable bonds is 6. The van der Waals surface area contributed by atoms with E-state index < -0.39 is 0 Å². The van der Waals surface area contributed by atoms with Crippen molar-refractivity contribution in [2.45, 2.75) is 26.2 Å². The monoisotopic (exact) mass is 369 g/mol. The number of fused-ring (bicyclic) bond motifs is 1. The van der Waals surface area contributed by atoms with E-state index in [1.54, 1.807) is 31.2 Å². The number of aryl methyl sites for hydroxylation is 1. The van der Waals surface area contributed by atoms with Gasteiger partial charge in [-0.1, -0.05) is 0 Å². The summed E-state index contributed by atoms with van der Waals surface area (Å²) in [4.78, 5) is 25.8. The Morgan fingerprint density at radius 2 is 2.04 bits per heavy atom. The molecule has 0 aliphatic heterocycles. The van der Waals surface area contributed by atoms with Crippen molar-refractivity contribution in [2.75, 3.05) is 23.8 Å². The Kier molecular flexibility index (Phi) is 5.54. The first-order valence-corrected chi connectivity index (χ1v) is 9.29. The molecule has 3 rings (SSSR count). The summed E-state index contributed by atoms with van der Waals surface area (Å²) in [6.07, 6.45) is 2.81. The highest BCUT2D eigenvalue weighted by Gasteiger charge is 2.28. The van der Waals surface area contributed by atoms with Crippen LogP contribution in [0, 0.1) is 11.3 Å². The number of carbonyl (C=O) groups excluding carboxylic acids is 2. The lowest BCUT2D eigenvalue weighted by molar-refractivity contribution is -0.114. The van der Waals surface area contributed by atoms with Gasteiger partial charge in [0.1, 0.15) is 5.00 Å². The van der Waals surface area contributed by atoms with Crippen LogP contribution in [0.2, 0.25) is 0 Å². The number of hydrogen-bond donors (Lipinski definition) is 2. The number of nitrogens with zero attached hydrogens (tertiary/aromatic N) is 1. The van der Waals surface area contributed by atoms with Crippen LogP contribution in [0.3, 0.4) is 0 Å². The van der Waals surface area contributed by atoms with E-state index >= 15 is 0 Å². The van der Waals surface area contributed by atoms with E-state index in [1.165, 1.54) is 11.3 Å². The first-order chi connectivity index (χ1) is 12.6. The number of anilines is 2. The second-order valence-corrected chi connectivity index (χ2v) is 6.98. The molecular formula is C19H19N3O3S. The number of benzene rings is 1. The maximum atomic E-state index is 12.3. The average Bonchev–Trinajstić information content (AvgIpc) is 3.21. The summed E-state index contributed by atoms with van der Waals surface area (Å²) in [7, 11) is 0. The molecule has 1 aromatic heterocycles. The van der Waals surface area contributed by atoms with Crippen LogP contribution in [0.15, 0.2) is 24.3 Å². The number of nitrogens with one attached hydrogen (secondary N) is 2. The van der Waals surface area contributed by atoms with Crippen molar-refractivity contribution in [3.05, 3.63) is 45.8 Å². The first-order valence-electron chi connectivity index (χ1n) is 8.48. The van der Waals surface area contributed by atoms with E-state index in [1.807, 2.05) is 6.07 Å². The lowest BCUT2D eigenvalue weighted by Gasteiger charge is -2.09. The van der Waals surface area contributed by atoms with Crippen molar-refractivity contribution in [1.29, 1.82) is 5.26 Å². The Bertz CT molecular complexity index is 865. The summed E-state index contributed by atoms with van der Waals surface area (Å²) >= 11 is 1.46. The molecule has 0 fully saturated rings. The van der Waals surface area contributed by atoms with Gasteiger partial charge in [-0.2, -0.15) is 5.26 Å². The lowest BCUT2D eigenvalue weighted by Crippen LogP contribution is -2.22. The number of nitriles is 1. The Balaban J connectivity index is 1.67. The number of ether oxygens (including phenoxy) is 1. The third-order valence-electron chi connectivity index (χ3n) is 4.12. The molecule has 1 heterocycles. The van der Waals surface area contributed by atoms with E-state index in [9.17, 15) is 9.59 Å². The van der Waals surface area contributed by atoms with Crippen molar-refractivity contribution in [1.82, 2.24) is 0 Å². The number of carbonyl (C=O) groups is 2. The normalized spacial score (nSPS) is 12.2. The van der Waals surface area contributed by atoms with Gasteiger partial charge < -0.3 is 15.4 Å². The van der Waals surface area contributed by atoms with Gasteiger partial charge in [0.05, 0.1) is 30.3 Å². The molecule has 134 valence electrons. The van der Waals surface area contributed by atoms with Crippen LogP contribution in [-0.2, 0) is 22.4 Å². The van der Waals surface area contributed by atoms with Gasteiger partial charge in [-0.05, 0) is 56.0 Å². The van der Waals surface area contributed by atoms with Crippen molar-refractivity contribution < 1.29 is 14.3 Å². The fourth-order valence-corrected chi connectivity index (χ4v) is 4.22. The van der Waals surface area contributed by atoms with E-state index in [4.69, 9.17) is 10.00 Å². The summed E-state index contributed by atoms with van der Waals surface area (Å²) in [5.41, 5.74) is 2.84. The van der Waals surface area contributed by atoms with Gasteiger partial charge in [0, 0.05) is 10.6 Å². The number of amides is 1. The Morgan fingerprint density at radius 3 is 2.73 bits per heavy atom.